The highest BCUT2D eigenvalue weighted by Crippen LogP contribution is 2.51. The minimum Gasteiger partial charge on any atom is -0.481 e. The van der Waals surface area contributed by atoms with Gasteiger partial charge in [0.05, 0.1) is 5.92 Å². The lowest BCUT2D eigenvalue weighted by atomic mass is 9.76. The highest BCUT2D eigenvalue weighted by atomic mass is 32.1. The number of nitrogens with zero attached hydrogens (tertiary/aromatic N) is 2. The molecule has 2 saturated carbocycles. The van der Waals surface area contributed by atoms with Crippen molar-refractivity contribution >= 4 is 28.3 Å². The maximum atomic E-state index is 12.7. The van der Waals surface area contributed by atoms with Crippen LogP contribution in [0.3, 0.4) is 0 Å². The summed E-state index contributed by atoms with van der Waals surface area (Å²) in [7, 11) is 0. The van der Waals surface area contributed by atoms with Gasteiger partial charge >= 0.3 is 5.97 Å². The number of amides is 1. The van der Waals surface area contributed by atoms with Crippen LogP contribution in [0.2, 0.25) is 0 Å². The number of benzene rings is 2. The zero-order valence-electron chi connectivity index (χ0n) is 18.3. The van der Waals surface area contributed by atoms with E-state index in [1.165, 1.54) is 16.9 Å². The van der Waals surface area contributed by atoms with E-state index in [1.807, 2.05) is 42.5 Å². The van der Waals surface area contributed by atoms with Crippen molar-refractivity contribution in [2.24, 2.45) is 17.8 Å². The number of carboxylic acid groups (broad SMARTS) is 1. The highest BCUT2D eigenvalue weighted by Gasteiger charge is 2.48. The van der Waals surface area contributed by atoms with Crippen LogP contribution >= 0.6 is 11.3 Å². The van der Waals surface area contributed by atoms with Crippen LogP contribution in [0.4, 0.5) is 5.13 Å². The van der Waals surface area contributed by atoms with E-state index in [2.05, 4.69) is 27.6 Å². The number of hydrogen-bond acceptors (Lipinski definition) is 5. The van der Waals surface area contributed by atoms with Gasteiger partial charge in [-0.25, -0.2) is 0 Å². The van der Waals surface area contributed by atoms with Crippen LogP contribution in [0.25, 0.3) is 0 Å². The smallest absolute Gasteiger partial charge is 0.306 e. The molecule has 0 unspecified atom stereocenters. The third-order valence-electron chi connectivity index (χ3n) is 7.06. The number of hydrogen-bond donors (Lipinski definition) is 2. The third kappa shape index (κ3) is 5.14. The van der Waals surface area contributed by atoms with Gasteiger partial charge in [0.2, 0.25) is 5.13 Å². The van der Waals surface area contributed by atoms with Gasteiger partial charge in [-0.1, -0.05) is 53.8 Å². The van der Waals surface area contributed by atoms with Gasteiger partial charge in [0, 0.05) is 12.0 Å². The summed E-state index contributed by atoms with van der Waals surface area (Å²) in [5.41, 5.74) is 3.03. The number of aliphatic carboxylic acids is 1. The highest BCUT2D eigenvalue weighted by molar-refractivity contribution is 7.15. The van der Waals surface area contributed by atoms with Gasteiger partial charge in [-0.05, 0) is 73.1 Å². The summed E-state index contributed by atoms with van der Waals surface area (Å²) in [4.78, 5) is 23.8. The first-order valence-electron chi connectivity index (χ1n) is 11.6. The van der Waals surface area contributed by atoms with Gasteiger partial charge in [-0.3, -0.25) is 14.9 Å². The molecule has 0 spiro atoms. The molecule has 2 N–H and O–H groups in total. The lowest BCUT2D eigenvalue weighted by Crippen LogP contribution is -2.17. The van der Waals surface area contributed by atoms with E-state index < -0.39 is 5.97 Å². The van der Waals surface area contributed by atoms with E-state index >= 15 is 0 Å². The Morgan fingerprint density at radius 2 is 1.70 bits per heavy atom. The predicted octanol–water partition coefficient (Wildman–Crippen LogP) is 5.38. The van der Waals surface area contributed by atoms with E-state index in [1.54, 1.807) is 0 Å². The van der Waals surface area contributed by atoms with Crippen molar-refractivity contribution in [1.29, 1.82) is 0 Å². The van der Waals surface area contributed by atoms with Gasteiger partial charge in [0.15, 0.2) is 0 Å². The summed E-state index contributed by atoms with van der Waals surface area (Å²) in [5.74, 6) is 0.531. The van der Waals surface area contributed by atoms with Crippen molar-refractivity contribution < 1.29 is 14.7 Å². The van der Waals surface area contributed by atoms with Crippen LogP contribution in [0.15, 0.2) is 54.6 Å². The number of carbonyl (C=O) groups excluding carboxylic acids is 1. The average Bonchev–Trinajstić information content (AvgIpc) is 3.54. The van der Waals surface area contributed by atoms with Crippen molar-refractivity contribution in [3.05, 3.63) is 76.3 Å². The van der Waals surface area contributed by atoms with Crippen LogP contribution in [-0.2, 0) is 11.2 Å². The Labute approximate surface area is 197 Å². The van der Waals surface area contributed by atoms with Gasteiger partial charge in [-0.15, -0.1) is 10.2 Å². The molecule has 0 bridgehead atoms. The Kier molecular flexibility index (Phi) is 6.22. The quantitative estimate of drug-likeness (QED) is 0.493. The van der Waals surface area contributed by atoms with Crippen molar-refractivity contribution in [2.75, 3.05) is 5.32 Å². The molecule has 1 aromatic heterocycles. The minimum atomic E-state index is -0.628. The first kappa shape index (κ1) is 21.8. The van der Waals surface area contributed by atoms with E-state index in [0.717, 1.165) is 42.7 Å². The molecule has 2 aromatic carbocycles. The van der Waals surface area contributed by atoms with Crippen LogP contribution < -0.4 is 5.32 Å². The van der Waals surface area contributed by atoms with Crippen molar-refractivity contribution in [3.63, 3.8) is 0 Å². The standard InChI is InChI=1S/C26H27N3O3S/c30-24(27-26-29-28-23(33-26)14-16-4-2-1-3-5-16)20-12-8-18(9-13-20)17-6-10-19(11-7-17)21-15-22(21)25(31)32/h1-5,8-9,12-13,17,19,21-22H,6-7,10-11,14-15H2,(H,31,32)(H,27,29,30)/t17?,19?,21-,22+/m1/s1. The molecule has 3 aromatic rings. The topological polar surface area (TPSA) is 92.2 Å². The lowest BCUT2D eigenvalue weighted by Gasteiger charge is -2.29. The normalized spacial score (nSPS) is 24.2. The van der Waals surface area contributed by atoms with E-state index in [9.17, 15) is 9.59 Å². The molecule has 0 saturated heterocycles. The Bertz CT molecular complexity index is 1120. The largest absolute Gasteiger partial charge is 0.481 e. The fourth-order valence-corrected chi connectivity index (χ4v) is 5.89. The van der Waals surface area contributed by atoms with Crippen molar-refractivity contribution in [1.82, 2.24) is 10.2 Å². The summed E-state index contributed by atoms with van der Waals surface area (Å²) in [6.45, 7) is 0. The average molecular weight is 462 g/mol. The fourth-order valence-electron chi connectivity index (χ4n) is 5.12. The molecule has 1 heterocycles. The van der Waals surface area contributed by atoms with Crippen LogP contribution in [0.5, 0.6) is 0 Å². The monoisotopic (exact) mass is 461 g/mol. The second-order valence-corrected chi connectivity index (χ2v) is 10.3. The van der Waals surface area contributed by atoms with Crippen molar-refractivity contribution in [3.8, 4) is 0 Å². The molecule has 2 atom stereocenters. The maximum absolute atomic E-state index is 12.7. The molecule has 2 fully saturated rings. The van der Waals surface area contributed by atoms with E-state index in [-0.39, 0.29) is 11.8 Å². The van der Waals surface area contributed by atoms with E-state index in [4.69, 9.17) is 5.11 Å². The molecule has 2 aliphatic carbocycles. The molecule has 170 valence electrons. The van der Waals surface area contributed by atoms with Gasteiger partial charge in [0.25, 0.3) is 5.91 Å². The SMILES string of the molecule is O=C(Nc1nnc(Cc2ccccc2)s1)c1ccc(C2CCC([C@H]3C[C@@H]3C(=O)O)CC2)cc1. The summed E-state index contributed by atoms with van der Waals surface area (Å²) in [5, 5.41) is 21.7. The predicted molar refractivity (Wildman–Crippen MR) is 127 cm³/mol. The Morgan fingerprint density at radius 3 is 2.36 bits per heavy atom. The van der Waals surface area contributed by atoms with Crippen LogP contribution in [0.1, 0.15) is 64.5 Å². The third-order valence-corrected chi connectivity index (χ3v) is 7.90. The Balaban J connectivity index is 1.13. The maximum Gasteiger partial charge on any atom is 0.306 e. The van der Waals surface area contributed by atoms with E-state index in [0.29, 0.717) is 34.9 Å². The van der Waals surface area contributed by atoms with Gasteiger partial charge in [-0.2, -0.15) is 0 Å². The first-order valence-corrected chi connectivity index (χ1v) is 12.4. The van der Waals surface area contributed by atoms with Crippen LogP contribution in [0, 0.1) is 17.8 Å². The summed E-state index contributed by atoms with van der Waals surface area (Å²) in [6.07, 6.45) is 5.94. The first-order chi connectivity index (χ1) is 16.1. The molecule has 7 heteroatoms. The van der Waals surface area contributed by atoms with Crippen molar-refractivity contribution in [2.45, 2.75) is 44.4 Å². The summed E-state index contributed by atoms with van der Waals surface area (Å²) in [6, 6.07) is 17.9. The molecule has 6 nitrogen and oxygen atoms in total. The lowest BCUT2D eigenvalue weighted by molar-refractivity contribution is -0.139. The number of anilines is 1. The summed E-state index contributed by atoms with van der Waals surface area (Å²) < 4.78 is 0. The molecular formula is C26H27N3O3S. The fraction of sp³-hybridized carbons (Fsp3) is 0.385. The molecule has 33 heavy (non-hydrogen) atoms. The zero-order valence-corrected chi connectivity index (χ0v) is 19.1. The van der Waals surface area contributed by atoms with Gasteiger partial charge < -0.3 is 5.11 Å². The summed E-state index contributed by atoms with van der Waals surface area (Å²) >= 11 is 1.40. The number of rotatable bonds is 7. The van der Waals surface area contributed by atoms with Gasteiger partial charge in [0.1, 0.15) is 5.01 Å². The molecule has 0 aliphatic heterocycles. The second kappa shape index (κ2) is 9.43. The molecular weight excluding hydrogens is 434 g/mol. The molecule has 1 amide bonds. The number of carbonyl (C=O) groups is 2. The molecule has 5 rings (SSSR count). The number of nitrogens with one attached hydrogen (secondary N) is 1. The second-order valence-electron chi connectivity index (χ2n) is 9.20. The minimum absolute atomic E-state index is 0.105. The van der Waals surface area contributed by atoms with Crippen LogP contribution in [-0.4, -0.2) is 27.2 Å². The number of aromatic nitrogens is 2. The zero-order chi connectivity index (χ0) is 22.8. The Morgan fingerprint density at radius 1 is 0.970 bits per heavy atom. The molecule has 0 radical (unpaired) electrons. The molecule has 2 aliphatic rings. The number of carboxylic acids is 1. The Hall–Kier alpha value is -3.06.